The molecular weight excluding hydrogens is 687 g/mol. The molecule has 2 aliphatic carbocycles. The lowest BCUT2D eigenvalue weighted by atomic mass is 9.70. The Morgan fingerprint density at radius 3 is 1.75 bits per heavy atom. The van der Waals surface area contributed by atoms with Crippen LogP contribution < -0.4 is 0 Å². The Balaban J connectivity index is 1.13. The minimum atomic E-state index is -0.437. The molecule has 3 aromatic heterocycles. The van der Waals surface area contributed by atoms with Gasteiger partial charge in [-0.05, 0) is 85.6 Å². The zero-order valence-electron chi connectivity index (χ0n) is 29.5. The second-order valence-electron chi connectivity index (χ2n) is 14.9. The average Bonchev–Trinajstić information content (AvgIpc) is 3.96. The van der Waals surface area contributed by atoms with E-state index < -0.39 is 5.41 Å². The molecule has 0 bridgehead atoms. The zero-order chi connectivity index (χ0) is 35.8. The van der Waals surface area contributed by atoms with Gasteiger partial charge in [-0.3, -0.25) is 4.57 Å². The molecule has 0 aliphatic heterocycles. The van der Waals surface area contributed by atoms with Crippen LogP contribution in [0.2, 0.25) is 0 Å². The van der Waals surface area contributed by atoms with Gasteiger partial charge in [0.05, 0.1) is 21.8 Å². The molecule has 4 heteroatoms. The number of hydrogen-bond donors (Lipinski definition) is 0. The predicted octanol–water partition coefficient (Wildman–Crippen LogP) is 13.1. The summed E-state index contributed by atoms with van der Waals surface area (Å²) in [6.07, 6.45) is 0. The van der Waals surface area contributed by atoms with Crippen LogP contribution in [0, 0.1) is 0 Å². The highest BCUT2D eigenvalue weighted by Gasteiger charge is 2.51. The van der Waals surface area contributed by atoms with E-state index in [4.69, 9.17) is 9.97 Å². The molecule has 0 atom stereocenters. The molecule has 55 heavy (non-hydrogen) atoms. The molecule has 0 amide bonds. The van der Waals surface area contributed by atoms with Gasteiger partial charge in [0.2, 0.25) is 0 Å². The number of aromatic nitrogens is 3. The number of fused-ring (bicyclic) bond motifs is 17. The van der Waals surface area contributed by atoms with E-state index in [1.165, 1.54) is 76.1 Å². The van der Waals surface area contributed by atoms with Crippen molar-refractivity contribution >= 4 is 64.2 Å². The maximum atomic E-state index is 5.65. The van der Waals surface area contributed by atoms with E-state index >= 15 is 0 Å². The van der Waals surface area contributed by atoms with Crippen LogP contribution in [0.15, 0.2) is 176 Å². The second kappa shape index (κ2) is 10.6. The fourth-order valence-electron chi connectivity index (χ4n) is 10.0. The minimum Gasteiger partial charge on any atom is -0.293 e. The maximum absolute atomic E-state index is 5.65. The summed E-state index contributed by atoms with van der Waals surface area (Å²) in [5.74, 6) is 1.64. The van der Waals surface area contributed by atoms with Crippen molar-refractivity contribution in [3.05, 3.63) is 198 Å². The van der Waals surface area contributed by atoms with Crippen molar-refractivity contribution in [1.82, 2.24) is 14.5 Å². The van der Waals surface area contributed by atoms with Gasteiger partial charge in [0.1, 0.15) is 4.83 Å². The van der Waals surface area contributed by atoms with Crippen molar-refractivity contribution in [3.63, 3.8) is 0 Å². The lowest BCUT2D eigenvalue weighted by Gasteiger charge is -2.30. The predicted molar refractivity (Wildman–Crippen MR) is 228 cm³/mol. The summed E-state index contributed by atoms with van der Waals surface area (Å²) >= 11 is 1.75. The van der Waals surface area contributed by atoms with Crippen molar-refractivity contribution in [2.45, 2.75) is 5.41 Å². The van der Waals surface area contributed by atoms with Crippen molar-refractivity contribution < 1.29 is 0 Å². The number of hydrogen-bond acceptors (Lipinski definition) is 3. The van der Waals surface area contributed by atoms with E-state index in [9.17, 15) is 0 Å². The summed E-state index contributed by atoms with van der Waals surface area (Å²) in [5, 5.41) is 7.14. The first-order chi connectivity index (χ1) is 27.3. The van der Waals surface area contributed by atoms with E-state index in [-0.39, 0.29) is 0 Å². The number of thiophene rings is 1. The van der Waals surface area contributed by atoms with E-state index in [0.717, 1.165) is 38.5 Å². The number of nitrogens with zero attached hydrogens (tertiary/aromatic N) is 3. The van der Waals surface area contributed by atoms with Crippen molar-refractivity contribution in [2.24, 2.45) is 0 Å². The van der Waals surface area contributed by atoms with Gasteiger partial charge < -0.3 is 0 Å². The van der Waals surface area contributed by atoms with Crippen LogP contribution in [0.4, 0.5) is 0 Å². The van der Waals surface area contributed by atoms with Gasteiger partial charge in [0.15, 0.2) is 11.6 Å². The van der Waals surface area contributed by atoms with Gasteiger partial charge in [-0.1, -0.05) is 146 Å². The highest BCUT2D eigenvalue weighted by molar-refractivity contribution is 7.25. The van der Waals surface area contributed by atoms with Crippen LogP contribution in [0.5, 0.6) is 0 Å². The minimum absolute atomic E-state index is 0.437. The van der Waals surface area contributed by atoms with Crippen LogP contribution in [0.3, 0.4) is 0 Å². The first-order valence-electron chi connectivity index (χ1n) is 18.8. The molecule has 254 valence electrons. The molecule has 0 saturated heterocycles. The Labute approximate surface area is 320 Å². The van der Waals surface area contributed by atoms with E-state index in [2.05, 4.69) is 180 Å². The third kappa shape index (κ3) is 3.74. The standard InChI is InChI=1S/C51H29N3S/c1-2-14-31-29-45-39(27-30(31)13-1)37-18-6-11-23-44(37)54(45)49-47-38-19-7-12-24-46(38)55-50(47)53-48(52-49)32-25-26-36-35-17-5-10-22-42(35)51(43(36)28-32)40-20-8-3-15-33(40)34-16-4-9-21-41(34)51/h1-29H. The topological polar surface area (TPSA) is 30.7 Å². The monoisotopic (exact) mass is 715 g/mol. The summed E-state index contributed by atoms with van der Waals surface area (Å²) < 4.78 is 3.59. The molecule has 3 heterocycles. The van der Waals surface area contributed by atoms with E-state index in [0.29, 0.717) is 0 Å². The molecule has 0 unspecified atom stereocenters. The fourth-order valence-corrected chi connectivity index (χ4v) is 11.1. The normalized spacial score (nSPS) is 13.6. The Morgan fingerprint density at radius 1 is 0.436 bits per heavy atom. The lowest BCUT2D eigenvalue weighted by Crippen LogP contribution is -2.25. The Bertz CT molecular complexity index is 3390. The molecule has 0 radical (unpaired) electrons. The number of rotatable bonds is 2. The molecule has 3 nitrogen and oxygen atoms in total. The summed E-state index contributed by atoms with van der Waals surface area (Å²) in [6, 6.07) is 64.6. The summed E-state index contributed by atoms with van der Waals surface area (Å²) in [7, 11) is 0. The van der Waals surface area contributed by atoms with E-state index in [1.807, 2.05) is 0 Å². The van der Waals surface area contributed by atoms with Crippen LogP contribution in [0.25, 0.3) is 92.3 Å². The second-order valence-corrected chi connectivity index (χ2v) is 15.9. The highest BCUT2D eigenvalue weighted by atomic mass is 32.1. The molecule has 0 saturated carbocycles. The van der Waals surface area contributed by atoms with Gasteiger partial charge in [-0.2, -0.15) is 0 Å². The largest absolute Gasteiger partial charge is 0.293 e. The third-order valence-electron chi connectivity index (χ3n) is 12.2. The van der Waals surface area contributed by atoms with Crippen molar-refractivity contribution in [2.75, 3.05) is 0 Å². The van der Waals surface area contributed by atoms with Crippen LogP contribution in [0.1, 0.15) is 22.3 Å². The molecule has 1 spiro atoms. The number of para-hydroxylation sites is 1. The molecule has 11 aromatic rings. The molecule has 0 N–H and O–H groups in total. The zero-order valence-corrected chi connectivity index (χ0v) is 30.3. The average molecular weight is 716 g/mol. The quantitative estimate of drug-likeness (QED) is 0.178. The first kappa shape index (κ1) is 29.6. The van der Waals surface area contributed by atoms with Gasteiger partial charge >= 0.3 is 0 Å². The van der Waals surface area contributed by atoms with Gasteiger partial charge in [-0.25, -0.2) is 9.97 Å². The van der Waals surface area contributed by atoms with Crippen molar-refractivity contribution in [1.29, 1.82) is 0 Å². The summed E-state index contributed by atoms with van der Waals surface area (Å²) in [6.45, 7) is 0. The van der Waals surface area contributed by atoms with Crippen molar-refractivity contribution in [3.8, 4) is 39.5 Å². The van der Waals surface area contributed by atoms with Crippen LogP contribution in [-0.4, -0.2) is 14.5 Å². The van der Waals surface area contributed by atoms with Crippen LogP contribution >= 0.6 is 11.3 Å². The molecular formula is C51H29N3S. The Morgan fingerprint density at radius 2 is 1.02 bits per heavy atom. The van der Waals surface area contributed by atoms with Crippen LogP contribution in [-0.2, 0) is 5.41 Å². The highest BCUT2D eigenvalue weighted by Crippen LogP contribution is 2.63. The lowest BCUT2D eigenvalue weighted by molar-refractivity contribution is 0.794. The van der Waals surface area contributed by atoms with Gasteiger partial charge in [0.25, 0.3) is 0 Å². The third-order valence-corrected chi connectivity index (χ3v) is 13.3. The van der Waals surface area contributed by atoms with Gasteiger partial charge in [-0.15, -0.1) is 11.3 Å². The summed E-state index contributed by atoms with van der Waals surface area (Å²) in [4.78, 5) is 12.1. The molecule has 2 aliphatic rings. The van der Waals surface area contributed by atoms with E-state index in [1.54, 1.807) is 11.3 Å². The fraction of sp³-hybridized carbons (Fsp3) is 0.0196. The summed E-state index contributed by atoms with van der Waals surface area (Å²) in [5.41, 5.74) is 13.3. The molecule has 8 aromatic carbocycles. The Kier molecular flexibility index (Phi) is 5.71. The molecule has 0 fully saturated rings. The SMILES string of the molecule is c1ccc2c(c1)-c1ccccc1C21c2ccccc2-c2ccc(-c3nc(-n4c5ccccc5c5cc6ccccc6cc54)c4c(n3)sc3ccccc34)cc21. The van der Waals surface area contributed by atoms with Gasteiger partial charge in [0, 0.05) is 26.4 Å². The Hall–Kier alpha value is -6.88. The number of benzene rings is 8. The molecule has 13 rings (SSSR count). The smallest absolute Gasteiger partial charge is 0.163 e. The maximum Gasteiger partial charge on any atom is 0.163 e. The first-order valence-corrected chi connectivity index (χ1v) is 19.6.